The van der Waals surface area contributed by atoms with E-state index in [0.29, 0.717) is 6.04 Å². The van der Waals surface area contributed by atoms with E-state index in [-0.39, 0.29) is 0 Å². The van der Waals surface area contributed by atoms with E-state index in [1.54, 1.807) is 0 Å². The molecule has 20 heavy (non-hydrogen) atoms. The van der Waals surface area contributed by atoms with E-state index in [1.807, 2.05) is 0 Å². The molecule has 0 radical (unpaired) electrons. The van der Waals surface area contributed by atoms with Crippen LogP contribution in [-0.2, 0) is 12.8 Å². The number of benzene rings is 1. The van der Waals surface area contributed by atoms with Crippen LogP contribution in [0.3, 0.4) is 0 Å². The molecule has 0 fully saturated rings. The molecule has 0 aromatic heterocycles. The lowest BCUT2D eigenvalue weighted by molar-refractivity contribution is 0.595. The zero-order chi connectivity index (χ0) is 14.6. The highest BCUT2D eigenvalue weighted by molar-refractivity contribution is 5.22. The average molecular weight is 275 g/mol. The fourth-order valence-corrected chi connectivity index (χ4v) is 2.54. The predicted octanol–water partition coefficient (Wildman–Crippen LogP) is 5.26. The Labute approximate surface area is 126 Å². The van der Waals surface area contributed by atoms with Crippen molar-refractivity contribution in [2.45, 2.75) is 84.1 Å². The molecule has 0 aliphatic heterocycles. The molecule has 0 saturated carbocycles. The molecule has 0 heterocycles. The second-order valence-electron chi connectivity index (χ2n) is 6.04. The summed E-state index contributed by atoms with van der Waals surface area (Å²) in [5, 5.41) is 0. The van der Waals surface area contributed by atoms with Gasteiger partial charge in [-0.15, -0.1) is 0 Å². The van der Waals surface area contributed by atoms with Crippen LogP contribution in [-0.4, -0.2) is 6.04 Å². The highest BCUT2D eigenvalue weighted by Gasteiger charge is 2.00. The number of aryl methyl sites for hydroxylation is 2. The van der Waals surface area contributed by atoms with Gasteiger partial charge in [0, 0.05) is 6.04 Å². The Hall–Kier alpha value is -0.820. The molecular weight excluding hydrogens is 242 g/mol. The van der Waals surface area contributed by atoms with E-state index >= 15 is 0 Å². The van der Waals surface area contributed by atoms with E-state index in [1.165, 1.54) is 56.1 Å². The first-order chi connectivity index (χ1) is 9.76. The van der Waals surface area contributed by atoms with E-state index < -0.39 is 0 Å². The maximum atomic E-state index is 5.97. The molecule has 0 saturated heterocycles. The first-order valence-electron chi connectivity index (χ1n) is 8.59. The fourth-order valence-electron chi connectivity index (χ4n) is 2.54. The second-order valence-corrected chi connectivity index (χ2v) is 6.04. The molecule has 0 aliphatic rings. The maximum Gasteiger partial charge on any atom is 0.00393 e. The summed E-state index contributed by atoms with van der Waals surface area (Å²) in [5.41, 5.74) is 8.89. The van der Waals surface area contributed by atoms with E-state index in [2.05, 4.69) is 38.1 Å². The lowest BCUT2D eigenvalue weighted by Crippen LogP contribution is -2.19. The Morgan fingerprint density at radius 2 is 1.35 bits per heavy atom. The van der Waals surface area contributed by atoms with Gasteiger partial charge in [0.15, 0.2) is 0 Å². The van der Waals surface area contributed by atoms with E-state index in [0.717, 1.165) is 19.3 Å². The minimum atomic E-state index is 0.359. The van der Waals surface area contributed by atoms with Gasteiger partial charge in [-0.2, -0.15) is 0 Å². The molecule has 1 rings (SSSR count). The largest absolute Gasteiger partial charge is 0.328 e. The van der Waals surface area contributed by atoms with Gasteiger partial charge in [0.25, 0.3) is 0 Å². The van der Waals surface area contributed by atoms with Gasteiger partial charge < -0.3 is 5.73 Å². The van der Waals surface area contributed by atoms with Crippen molar-refractivity contribution in [1.29, 1.82) is 0 Å². The number of hydrogen-bond acceptors (Lipinski definition) is 1. The first kappa shape index (κ1) is 17.2. The maximum absolute atomic E-state index is 5.97. The van der Waals surface area contributed by atoms with Crippen LogP contribution in [0.5, 0.6) is 0 Å². The zero-order valence-electron chi connectivity index (χ0n) is 13.5. The third kappa shape index (κ3) is 7.69. The summed E-state index contributed by atoms with van der Waals surface area (Å²) in [4.78, 5) is 0. The van der Waals surface area contributed by atoms with Crippen LogP contribution < -0.4 is 5.73 Å². The smallest absolute Gasteiger partial charge is 0.00393 e. The molecule has 1 nitrogen and oxygen atoms in total. The van der Waals surface area contributed by atoms with Crippen molar-refractivity contribution in [2.24, 2.45) is 5.73 Å². The summed E-state index contributed by atoms with van der Waals surface area (Å²) >= 11 is 0. The van der Waals surface area contributed by atoms with Gasteiger partial charge in [-0.05, 0) is 43.2 Å². The van der Waals surface area contributed by atoms with Crippen molar-refractivity contribution >= 4 is 0 Å². The summed E-state index contributed by atoms with van der Waals surface area (Å²) in [6, 6.07) is 9.54. The summed E-state index contributed by atoms with van der Waals surface area (Å²) in [5.74, 6) is 0. The summed E-state index contributed by atoms with van der Waals surface area (Å²) < 4.78 is 0. The second kappa shape index (κ2) is 10.9. The van der Waals surface area contributed by atoms with Gasteiger partial charge in [0.05, 0.1) is 0 Å². The lowest BCUT2D eigenvalue weighted by Gasteiger charge is -2.09. The fraction of sp³-hybridized carbons (Fsp3) is 0.684. The molecule has 2 N–H and O–H groups in total. The van der Waals surface area contributed by atoms with E-state index in [9.17, 15) is 0 Å². The predicted molar refractivity (Wildman–Crippen MR) is 90.1 cm³/mol. The van der Waals surface area contributed by atoms with Crippen molar-refractivity contribution in [1.82, 2.24) is 0 Å². The van der Waals surface area contributed by atoms with Crippen LogP contribution >= 0.6 is 0 Å². The summed E-state index contributed by atoms with van der Waals surface area (Å²) in [6.07, 6.45) is 12.8. The van der Waals surface area contributed by atoms with Gasteiger partial charge in [-0.3, -0.25) is 0 Å². The molecule has 1 aromatic carbocycles. The Bertz CT molecular complexity index is 328. The molecule has 0 bridgehead atoms. The Kier molecular flexibility index (Phi) is 9.40. The minimum absolute atomic E-state index is 0.359. The number of rotatable bonds is 11. The topological polar surface area (TPSA) is 26.0 Å². The SMILES string of the molecule is CCCCCCCCc1ccc(CCC(N)CC)cc1. The van der Waals surface area contributed by atoms with Crippen LogP contribution in [0.1, 0.15) is 76.3 Å². The molecule has 1 atom stereocenters. The van der Waals surface area contributed by atoms with Crippen LogP contribution in [0.25, 0.3) is 0 Å². The molecule has 1 heteroatoms. The summed E-state index contributed by atoms with van der Waals surface area (Å²) in [6.45, 7) is 4.43. The van der Waals surface area contributed by atoms with Crippen molar-refractivity contribution < 1.29 is 0 Å². The van der Waals surface area contributed by atoms with Crippen LogP contribution in [0.15, 0.2) is 24.3 Å². The Balaban J connectivity index is 2.18. The minimum Gasteiger partial charge on any atom is -0.328 e. The lowest BCUT2D eigenvalue weighted by atomic mass is 10.0. The summed E-state index contributed by atoms with van der Waals surface area (Å²) in [7, 11) is 0. The average Bonchev–Trinajstić information content (AvgIpc) is 2.49. The van der Waals surface area contributed by atoms with Gasteiger partial charge >= 0.3 is 0 Å². The zero-order valence-corrected chi connectivity index (χ0v) is 13.5. The quantitative estimate of drug-likeness (QED) is 0.548. The van der Waals surface area contributed by atoms with Crippen molar-refractivity contribution in [3.63, 3.8) is 0 Å². The van der Waals surface area contributed by atoms with E-state index in [4.69, 9.17) is 5.73 Å². The number of hydrogen-bond donors (Lipinski definition) is 1. The Morgan fingerprint density at radius 1 is 0.800 bits per heavy atom. The standard InChI is InChI=1S/C19H33N/c1-3-5-6-7-8-9-10-17-11-13-18(14-12-17)15-16-19(20)4-2/h11-14,19H,3-10,15-16,20H2,1-2H3. The monoisotopic (exact) mass is 275 g/mol. The third-order valence-electron chi connectivity index (χ3n) is 4.17. The van der Waals surface area contributed by atoms with Crippen LogP contribution in [0.4, 0.5) is 0 Å². The normalized spacial score (nSPS) is 12.6. The molecule has 1 aromatic rings. The molecule has 114 valence electrons. The molecule has 0 aliphatic carbocycles. The van der Waals surface area contributed by atoms with Gasteiger partial charge in [0.1, 0.15) is 0 Å². The van der Waals surface area contributed by atoms with Crippen LogP contribution in [0, 0.1) is 0 Å². The molecule has 1 unspecified atom stereocenters. The van der Waals surface area contributed by atoms with Gasteiger partial charge in [-0.1, -0.05) is 70.2 Å². The highest BCUT2D eigenvalue weighted by Crippen LogP contribution is 2.12. The van der Waals surface area contributed by atoms with Crippen molar-refractivity contribution in [2.75, 3.05) is 0 Å². The highest BCUT2D eigenvalue weighted by atomic mass is 14.6. The van der Waals surface area contributed by atoms with Crippen molar-refractivity contribution in [3.8, 4) is 0 Å². The number of unbranched alkanes of at least 4 members (excludes halogenated alkanes) is 5. The van der Waals surface area contributed by atoms with Crippen molar-refractivity contribution in [3.05, 3.63) is 35.4 Å². The van der Waals surface area contributed by atoms with Gasteiger partial charge in [0.2, 0.25) is 0 Å². The first-order valence-corrected chi connectivity index (χ1v) is 8.59. The van der Waals surface area contributed by atoms with Gasteiger partial charge in [-0.25, -0.2) is 0 Å². The van der Waals surface area contributed by atoms with Crippen LogP contribution in [0.2, 0.25) is 0 Å². The molecular formula is C19H33N. The third-order valence-corrected chi connectivity index (χ3v) is 4.17. The molecule has 0 spiro atoms. The molecule has 0 amide bonds. The number of nitrogens with two attached hydrogens (primary N) is 1. The Morgan fingerprint density at radius 3 is 1.95 bits per heavy atom.